The quantitative estimate of drug-likeness (QED) is 0.213. The maximum atomic E-state index is 13.6. The molecule has 0 saturated heterocycles. The highest BCUT2D eigenvalue weighted by Crippen LogP contribution is 2.29. The van der Waals surface area contributed by atoms with Crippen molar-refractivity contribution < 1.29 is 22.0 Å². The van der Waals surface area contributed by atoms with E-state index in [1.807, 2.05) is 0 Å². The van der Waals surface area contributed by atoms with Gasteiger partial charge in [-0.15, -0.1) is 24.0 Å². The van der Waals surface area contributed by atoms with Gasteiger partial charge in [0.25, 0.3) is 0 Å². The smallest absolute Gasteiger partial charge is 0.352 e. The van der Waals surface area contributed by atoms with Gasteiger partial charge in [-0.2, -0.15) is 13.2 Å². The number of halogens is 6. The highest BCUT2D eigenvalue weighted by Gasteiger charge is 2.30. The summed E-state index contributed by atoms with van der Waals surface area (Å²) < 4.78 is 64.7. The van der Waals surface area contributed by atoms with Crippen LogP contribution in [-0.4, -0.2) is 19.6 Å². The van der Waals surface area contributed by atoms with Gasteiger partial charge in [0.05, 0.1) is 12.1 Å². The molecule has 0 bridgehead atoms. The second kappa shape index (κ2) is 10.8. The lowest BCUT2D eigenvalue weighted by Gasteiger charge is -2.10. The third kappa shape index (κ3) is 7.34. The molecule has 0 saturated carbocycles. The van der Waals surface area contributed by atoms with E-state index in [0.29, 0.717) is 0 Å². The van der Waals surface area contributed by atoms with E-state index in [1.54, 1.807) is 0 Å². The fraction of sp³-hybridized carbons (Fsp3) is 0.211. The summed E-state index contributed by atoms with van der Waals surface area (Å²) in [4.78, 5) is 3.91. The number of rotatable bonds is 3. The first-order chi connectivity index (χ1) is 12.8. The minimum Gasteiger partial charge on any atom is -0.352 e. The van der Waals surface area contributed by atoms with E-state index >= 15 is 0 Å². The van der Waals surface area contributed by atoms with Gasteiger partial charge in [-0.1, -0.05) is 17.9 Å². The van der Waals surface area contributed by atoms with E-state index in [9.17, 15) is 22.0 Å². The van der Waals surface area contributed by atoms with Crippen molar-refractivity contribution in [1.82, 2.24) is 10.6 Å². The highest BCUT2D eigenvalue weighted by atomic mass is 127. The van der Waals surface area contributed by atoms with Crippen molar-refractivity contribution in [1.29, 1.82) is 0 Å². The summed E-state index contributed by atoms with van der Waals surface area (Å²) in [6.45, 7) is 0.103. The molecule has 28 heavy (non-hydrogen) atoms. The van der Waals surface area contributed by atoms with Crippen LogP contribution in [0.5, 0.6) is 0 Å². The molecule has 0 unspecified atom stereocenters. The van der Waals surface area contributed by atoms with Crippen molar-refractivity contribution in [2.45, 2.75) is 12.7 Å². The van der Waals surface area contributed by atoms with Crippen LogP contribution in [0.3, 0.4) is 0 Å². The van der Waals surface area contributed by atoms with Gasteiger partial charge >= 0.3 is 6.18 Å². The molecule has 2 N–H and O–H groups in total. The summed E-state index contributed by atoms with van der Waals surface area (Å²) >= 11 is 0. The highest BCUT2D eigenvalue weighted by molar-refractivity contribution is 14.0. The monoisotopic (exact) mass is 509 g/mol. The van der Waals surface area contributed by atoms with E-state index in [2.05, 4.69) is 27.5 Å². The fourth-order valence-electron chi connectivity index (χ4n) is 2.13. The largest absolute Gasteiger partial charge is 0.416 e. The van der Waals surface area contributed by atoms with E-state index in [1.165, 1.54) is 19.2 Å². The number of aliphatic imine (C=N–C) groups is 1. The standard InChI is InChI=1S/C19H16F5N3.HI/c1-25-18(27-12-14-11-16(20)7-8-17(14)21)26-9-3-5-13-4-2-6-15(10-13)19(22,23)24;/h2,4,6-8,10-11H,9,12H2,1H3,(H2,25,26,27);1H. The molecule has 0 amide bonds. The molecule has 0 heterocycles. The maximum absolute atomic E-state index is 13.6. The molecule has 0 aliphatic rings. The van der Waals surface area contributed by atoms with Gasteiger partial charge in [0.1, 0.15) is 11.6 Å². The zero-order chi connectivity index (χ0) is 19.9. The number of hydrogen-bond donors (Lipinski definition) is 2. The van der Waals surface area contributed by atoms with Crippen LogP contribution in [0.1, 0.15) is 16.7 Å². The maximum Gasteiger partial charge on any atom is 0.416 e. The summed E-state index contributed by atoms with van der Waals surface area (Å²) in [5, 5.41) is 5.61. The van der Waals surface area contributed by atoms with Gasteiger partial charge in [0, 0.05) is 24.7 Å². The molecule has 0 atom stereocenters. The van der Waals surface area contributed by atoms with Crippen LogP contribution in [-0.2, 0) is 12.7 Å². The molecule has 2 aromatic carbocycles. The van der Waals surface area contributed by atoms with E-state index in [-0.39, 0.29) is 54.2 Å². The SMILES string of the molecule is CN=C(NCC#Cc1cccc(C(F)(F)F)c1)NCc1cc(F)ccc1F.I. The van der Waals surface area contributed by atoms with Crippen LogP contribution in [0.2, 0.25) is 0 Å². The predicted molar refractivity (Wildman–Crippen MR) is 108 cm³/mol. The zero-order valence-corrected chi connectivity index (χ0v) is 17.0. The van der Waals surface area contributed by atoms with Crippen molar-refractivity contribution in [3.05, 3.63) is 70.8 Å². The van der Waals surface area contributed by atoms with E-state index in [0.717, 1.165) is 30.3 Å². The Morgan fingerprint density at radius 2 is 1.82 bits per heavy atom. The molecule has 150 valence electrons. The minimum absolute atomic E-state index is 0. The normalized spacial score (nSPS) is 11.1. The lowest BCUT2D eigenvalue weighted by molar-refractivity contribution is -0.137. The molecule has 0 radical (unpaired) electrons. The summed E-state index contributed by atoms with van der Waals surface area (Å²) in [7, 11) is 1.48. The first-order valence-electron chi connectivity index (χ1n) is 7.84. The molecule has 0 aliphatic heterocycles. The lowest BCUT2D eigenvalue weighted by atomic mass is 10.1. The van der Waals surface area contributed by atoms with Crippen molar-refractivity contribution >= 4 is 29.9 Å². The summed E-state index contributed by atoms with van der Waals surface area (Å²) in [5.74, 6) is 4.49. The van der Waals surface area contributed by atoms with Gasteiger partial charge in [0.15, 0.2) is 5.96 Å². The number of nitrogens with one attached hydrogen (secondary N) is 2. The van der Waals surface area contributed by atoms with E-state index in [4.69, 9.17) is 0 Å². The second-order valence-corrected chi connectivity index (χ2v) is 5.40. The molecule has 2 rings (SSSR count). The first kappa shape index (κ1) is 23.7. The Labute approximate surface area is 176 Å². The topological polar surface area (TPSA) is 36.4 Å². The average Bonchev–Trinajstić information content (AvgIpc) is 2.63. The summed E-state index contributed by atoms with van der Waals surface area (Å²) in [5.41, 5.74) is -0.402. The third-order valence-electron chi connectivity index (χ3n) is 3.44. The molecule has 3 nitrogen and oxygen atoms in total. The number of benzene rings is 2. The number of alkyl halides is 3. The third-order valence-corrected chi connectivity index (χ3v) is 3.44. The Kier molecular flexibility index (Phi) is 9.18. The van der Waals surface area contributed by atoms with Crippen LogP contribution < -0.4 is 10.6 Å². The lowest BCUT2D eigenvalue weighted by Crippen LogP contribution is -2.37. The van der Waals surface area contributed by atoms with Gasteiger partial charge in [0.2, 0.25) is 0 Å². The van der Waals surface area contributed by atoms with Gasteiger partial charge in [-0.3, -0.25) is 4.99 Å². The average molecular weight is 509 g/mol. The summed E-state index contributed by atoms with van der Waals surface area (Å²) in [6, 6.07) is 7.82. The molecule has 2 aromatic rings. The molecule has 0 aliphatic carbocycles. The Morgan fingerprint density at radius 3 is 2.50 bits per heavy atom. The predicted octanol–water partition coefficient (Wildman–Crippen LogP) is 4.32. The molecular weight excluding hydrogens is 492 g/mol. The molecular formula is C19H17F5IN3. The molecule has 0 spiro atoms. The number of nitrogens with zero attached hydrogens (tertiary/aromatic N) is 1. The van der Waals surface area contributed by atoms with E-state index < -0.39 is 23.4 Å². The Hall–Kier alpha value is -2.35. The van der Waals surface area contributed by atoms with Crippen molar-refractivity contribution in [2.24, 2.45) is 4.99 Å². The fourth-order valence-corrected chi connectivity index (χ4v) is 2.13. The molecule has 0 fully saturated rings. The zero-order valence-electron chi connectivity index (χ0n) is 14.7. The van der Waals surface area contributed by atoms with Crippen molar-refractivity contribution in [3.63, 3.8) is 0 Å². The van der Waals surface area contributed by atoms with Crippen LogP contribution in [0.4, 0.5) is 22.0 Å². The van der Waals surface area contributed by atoms with Gasteiger partial charge < -0.3 is 10.6 Å². The van der Waals surface area contributed by atoms with Crippen LogP contribution in [0, 0.1) is 23.5 Å². The van der Waals surface area contributed by atoms with Crippen molar-refractivity contribution in [3.8, 4) is 11.8 Å². The Balaban J connectivity index is 0.00000392. The summed E-state index contributed by atoms with van der Waals surface area (Å²) in [6.07, 6.45) is -4.42. The Morgan fingerprint density at radius 1 is 1.07 bits per heavy atom. The van der Waals surface area contributed by atoms with Gasteiger partial charge in [-0.25, -0.2) is 8.78 Å². The molecule has 0 aromatic heterocycles. The van der Waals surface area contributed by atoms with Crippen LogP contribution >= 0.6 is 24.0 Å². The van der Waals surface area contributed by atoms with Crippen molar-refractivity contribution in [2.75, 3.05) is 13.6 Å². The van der Waals surface area contributed by atoms with Crippen LogP contribution in [0.25, 0.3) is 0 Å². The van der Waals surface area contributed by atoms with Crippen LogP contribution in [0.15, 0.2) is 47.5 Å². The van der Waals surface area contributed by atoms with Gasteiger partial charge in [-0.05, 0) is 36.4 Å². The second-order valence-electron chi connectivity index (χ2n) is 5.40. The minimum atomic E-state index is -4.42. The Bertz CT molecular complexity index is 885. The molecule has 9 heteroatoms. The number of hydrogen-bond acceptors (Lipinski definition) is 1. The first-order valence-corrected chi connectivity index (χ1v) is 7.84. The number of guanidine groups is 1.